The van der Waals surface area contributed by atoms with Crippen molar-refractivity contribution in [1.82, 2.24) is 19.8 Å². The summed E-state index contributed by atoms with van der Waals surface area (Å²) in [6.07, 6.45) is 0.362. The second-order valence-electron chi connectivity index (χ2n) is 10.9. The van der Waals surface area contributed by atoms with Gasteiger partial charge in [0, 0.05) is 35.9 Å². The molecule has 2 aromatic heterocycles. The van der Waals surface area contributed by atoms with Crippen molar-refractivity contribution in [1.29, 1.82) is 10.5 Å². The lowest BCUT2D eigenvalue weighted by molar-refractivity contribution is -0.152. The van der Waals surface area contributed by atoms with Crippen LogP contribution in [0.1, 0.15) is 62.8 Å². The molecule has 2 amide bonds. The highest BCUT2D eigenvalue weighted by Gasteiger charge is 2.45. The molecular formula is C30H34F4N6O4. The molecule has 14 heteroatoms. The van der Waals surface area contributed by atoms with Gasteiger partial charge in [0.25, 0.3) is 12.9 Å². The van der Waals surface area contributed by atoms with E-state index < -0.39 is 35.5 Å². The van der Waals surface area contributed by atoms with Crippen molar-refractivity contribution < 1.29 is 36.6 Å². The molecule has 0 N–H and O–H groups in total. The largest absolute Gasteiger partial charge is 0.490 e. The third kappa shape index (κ3) is 6.85. The second-order valence-corrected chi connectivity index (χ2v) is 10.9. The zero-order valence-corrected chi connectivity index (χ0v) is 24.9. The Bertz CT molecular complexity index is 1340. The molecule has 2 aliphatic rings. The summed E-state index contributed by atoms with van der Waals surface area (Å²) in [6, 6.07) is 3.95. The third-order valence-electron chi connectivity index (χ3n) is 8.10. The molecule has 0 bridgehead atoms. The Labute approximate surface area is 253 Å². The highest BCUT2D eigenvalue weighted by Crippen LogP contribution is 2.35. The van der Waals surface area contributed by atoms with E-state index in [2.05, 4.69) is 9.97 Å². The van der Waals surface area contributed by atoms with E-state index in [1.165, 1.54) is 48.4 Å². The lowest BCUT2D eigenvalue weighted by Gasteiger charge is -2.32. The molecule has 0 aromatic carbocycles. The zero-order chi connectivity index (χ0) is 32.7. The number of amides is 2. The number of rotatable bonds is 6. The van der Waals surface area contributed by atoms with Crippen LogP contribution in [0.4, 0.5) is 17.6 Å². The zero-order valence-electron chi connectivity index (χ0n) is 24.9. The van der Waals surface area contributed by atoms with E-state index in [4.69, 9.17) is 20.0 Å². The molecule has 2 aromatic rings. The minimum atomic E-state index is -2.74. The van der Waals surface area contributed by atoms with Crippen LogP contribution in [-0.2, 0) is 22.7 Å². The summed E-state index contributed by atoms with van der Waals surface area (Å²) in [6.45, 7) is 6.61. The van der Waals surface area contributed by atoms with E-state index in [9.17, 15) is 27.2 Å². The maximum absolute atomic E-state index is 13.3. The number of ether oxygens (including phenoxy) is 2. The van der Waals surface area contributed by atoms with Crippen LogP contribution < -0.4 is 9.47 Å². The number of aromatic nitrogens is 2. The third-order valence-corrected chi connectivity index (χ3v) is 8.10. The molecule has 0 spiro atoms. The van der Waals surface area contributed by atoms with E-state index >= 15 is 0 Å². The van der Waals surface area contributed by atoms with Crippen LogP contribution in [0.3, 0.4) is 0 Å². The minimum absolute atomic E-state index is 0.0458. The van der Waals surface area contributed by atoms with Crippen LogP contribution in [0.15, 0.2) is 24.8 Å². The number of pyridine rings is 2. The number of hydrogen-bond donors (Lipinski definition) is 0. The summed E-state index contributed by atoms with van der Waals surface area (Å²) in [5, 5.41) is 18.1. The van der Waals surface area contributed by atoms with Crippen molar-refractivity contribution in [2.24, 2.45) is 10.8 Å². The van der Waals surface area contributed by atoms with Gasteiger partial charge in [-0.25, -0.2) is 17.6 Å². The van der Waals surface area contributed by atoms with Crippen LogP contribution in [0.5, 0.6) is 11.5 Å². The van der Waals surface area contributed by atoms with E-state index in [1.807, 2.05) is 12.1 Å². The first-order valence-electron chi connectivity index (χ1n) is 14.0. The second kappa shape index (κ2) is 14.3. The van der Waals surface area contributed by atoms with Gasteiger partial charge in [0.2, 0.25) is 11.8 Å². The predicted molar refractivity (Wildman–Crippen MR) is 149 cm³/mol. The van der Waals surface area contributed by atoms with Crippen molar-refractivity contribution in [2.75, 3.05) is 26.3 Å². The van der Waals surface area contributed by atoms with Gasteiger partial charge in [-0.3, -0.25) is 19.6 Å². The van der Waals surface area contributed by atoms with E-state index in [0.29, 0.717) is 22.6 Å². The minimum Gasteiger partial charge on any atom is -0.490 e. The SMILES string of the molecule is CC[C@@](C)(C(=O)N1CCOc2c(C#N)cncc2C1)C(F)F.CC[C@](C)(C(=O)N1CCOc2c(C#N)cncc2C1)C(F)F. The number of nitriles is 2. The number of fused-ring (bicyclic) bond motifs is 2. The van der Waals surface area contributed by atoms with Crippen molar-refractivity contribution in [3.05, 3.63) is 47.0 Å². The van der Waals surface area contributed by atoms with Crippen LogP contribution in [-0.4, -0.2) is 70.7 Å². The number of carbonyl (C=O) groups excluding carboxylic acids is 2. The molecule has 0 aliphatic carbocycles. The molecule has 4 heterocycles. The Morgan fingerprint density at radius 3 is 1.45 bits per heavy atom. The van der Waals surface area contributed by atoms with Gasteiger partial charge in [-0.15, -0.1) is 0 Å². The molecule has 0 radical (unpaired) electrons. The maximum atomic E-state index is 13.3. The molecule has 2 atom stereocenters. The quantitative estimate of drug-likeness (QED) is 0.425. The van der Waals surface area contributed by atoms with Crippen LogP contribution in [0.25, 0.3) is 0 Å². The number of nitrogens with zero attached hydrogens (tertiary/aromatic N) is 6. The molecule has 0 saturated heterocycles. The fourth-order valence-corrected chi connectivity index (χ4v) is 4.66. The first kappa shape index (κ1) is 34.0. The van der Waals surface area contributed by atoms with Crippen molar-refractivity contribution in [3.63, 3.8) is 0 Å². The van der Waals surface area contributed by atoms with Crippen molar-refractivity contribution in [3.8, 4) is 23.6 Å². The van der Waals surface area contributed by atoms with Gasteiger partial charge >= 0.3 is 0 Å². The maximum Gasteiger partial charge on any atom is 0.252 e. The normalized spacial score (nSPS) is 17.0. The Balaban J connectivity index is 0.000000240. The van der Waals surface area contributed by atoms with Crippen LogP contribution >= 0.6 is 0 Å². The molecule has 44 heavy (non-hydrogen) atoms. The Morgan fingerprint density at radius 1 is 0.795 bits per heavy atom. The molecule has 10 nitrogen and oxygen atoms in total. The molecule has 0 unspecified atom stereocenters. The Morgan fingerprint density at radius 2 is 1.16 bits per heavy atom. The topological polar surface area (TPSA) is 132 Å². The molecule has 2 aliphatic heterocycles. The van der Waals surface area contributed by atoms with Gasteiger partial charge in [0.15, 0.2) is 0 Å². The van der Waals surface area contributed by atoms with Gasteiger partial charge < -0.3 is 19.3 Å². The predicted octanol–water partition coefficient (Wildman–Crippen LogP) is 4.71. The lowest BCUT2D eigenvalue weighted by atomic mass is 9.86. The van der Waals surface area contributed by atoms with Gasteiger partial charge in [-0.05, 0) is 26.7 Å². The van der Waals surface area contributed by atoms with Gasteiger partial charge in [-0.1, -0.05) is 13.8 Å². The van der Waals surface area contributed by atoms with E-state index in [1.54, 1.807) is 13.8 Å². The fraction of sp³-hybridized carbons (Fsp3) is 0.533. The first-order chi connectivity index (χ1) is 20.9. The summed E-state index contributed by atoms with van der Waals surface area (Å²) >= 11 is 0. The monoisotopic (exact) mass is 618 g/mol. The number of hydrogen-bond acceptors (Lipinski definition) is 8. The van der Waals surface area contributed by atoms with Gasteiger partial charge in [0.05, 0.1) is 26.2 Å². The smallest absolute Gasteiger partial charge is 0.252 e. The van der Waals surface area contributed by atoms with Crippen LogP contribution in [0, 0.1) is 33.5 Å². The Kier molecular flexibility index (Phi) is 11.1. The van der Waals surface area contributed by atoms with E-state index in [0.717, 1.165) is 0 Å². The first-order valence-corrected chi connectivity index (χ1v) is 14.0. The van der Waals surface area contributed by atoms with Gasteiger partial charge in [0.1, 0.15) is 58.8 Å². The van der Waals surface area contributed by atoms with Gasteiger partial charge in [-0.2, -0.15) is 10.5 Å². The van der Waals surface area contributed by atoms with Crippen molar-refractivity contribution >= 4 is 11.8 Å². The summed E-state index contributed by atoms with van der Waals surface area (Å²) < 4.78 is 64.1. The van der Waals surface area contributed by atoms with Crippen LogP contribution in [0.2, 0.25) is 0 Å². The summed E-state index contributed by atoms with van der Waals surface area (Å²) in [4.78, 5) is 35.6. The molecule has 236 valence electrons. The Hall–Kier alpha value is -4.46. The highest BCUT2D eigenvalue weighted by atomic mass is 19.3. The summed E-state index contributed by atoms with van der Waals surface area (Å²) in [7, 11) is 0. The highest BCUT2D eigenvalue weighted by molar-refractivity contribution is 5.83. The van der Waals surface area contributed by atoms with E-state index in [-0.39, 0.29) is 63.4 Å². The average molecular weight is 619 g/mol. The summed E-state index contributed by atoms with van der Waals surface area (Å²) in [5.41, 5.74) is -1.77. The number of alkyl halides is 4. The lowest BCUT2D eigenvalue weighted by Crippen LogP contribution is -2.46. The standard InChI is InChI=1S/2C15H17F2N3O2/c2*1-3-15(2,13(16)17)14(21)20-4-5-22-12-10(6-18)7-19-8-11(12)9-20/h2*7-8,13H,3-5,9H2,1-2H3/t2*15-/m10/s1. The summed E-state index contributed by atoms with van der Waals surface area (Å²) in [5.74, 6) is -0.460. The average Bonchev–Trinajstić information content (AvgIpc) is 3.39. The molecule has 0 fully saturated rings. The fourth-order valence-electron chi connectivity index (χ4n) is 4.66. The molecule has 0 saturated carbocycles. The van der Waals surface area contributed by atoms with Crippen molar-refractivity contribution in [2.45, 2.75) is 66.5 Å². The number of halogens is 4. The molecular weight excluding hydrogens is 584 g/mol. The molecule has 4 rings (SSSR count). The number of carbonyl (C=O) groups is 2.